The Hall–Kier alpha value is -0.480. The van der Waals surface area contributed by atoms with Gasteiger partial charge in [-0.1, -0.05) is 58.5 Å². The standard InChI is InChI=1S/C17H15Cl4NO/c1-22-9-17(10-22,12-3-5-14(19)16(21)7-12)23-8-11-2-4-13(18)15(20)6-11/h2-7H,8-10H2,1H3. The predicted molar refractivity (Wildman–Crippen MR) is 96.9 cm³/mol. The number of benzene rings is 2. The highest BCUT2D eigenvalue weighted by molar-refractivity contribution is 6.42. The molecule has 122 valence electrons. The molecule has 23 heavy (non-hydrogen) atoms. The van der Waals surface area contributed by atoms with Crippen LogP contribution in [0.5, 0.6) is 0 Å². The lowest BCUT2D eigenvalue weighted by Crippen LogP contribution is -2.58. The van der Waals surface area contributed by atoms with Crippen molar-refractivity contribution in [2.75, 3.05) is 20.1 Å². The van der Waals surface area contributed by atoms with Gasteiger partial charge in [0.15, 0.2) is 0 Å². The smallest absolute Gasteiger partial charge is 0.119 e. The number of likely N-dealkylation sites (N-methyl/N-ethyl adjacent to an activating group) is 1. The number of rotatable bonds is 4. The van der Waals surface area contributed by atoms with Gasteiger partial charge < -0.3 is 4.74 Å². The van der Waals surface area contributed by atoms with Crippen LogP contribution in [-0.4, -0.2) is 25.0 Å². The lowest BCUT2D eigenvalue weighted by atomic mass is 9.86. The first-order valence-electron chi connectivity index (χ1n) is 7.12. The van der Waals surface area contributed by atoms with Gasteiger partial charge in [0, 0.05) is 13.1 Å². The maximum absolute atomic E-state index is 6.25. The van der Waals surface area contributed by atoms with Crippen LogP contribution in [0.1, 0.15) is 11.1 Å². The zero-order chi connectivity index (χ0) is 16.6. The maximum atomic E-state index is 6.25. The number of hydrogen-bond acceptors (Lipinski definition) is 2. The van der Waals surface area contributed by atoms with Crippen LogP contribution >= 0.6 is 46.4 Å². The Morgan fingerprint density at radius 3 is 2.09 bits per heavy atom. The number of ether oxygens (including phenoxy) is 1. The fourth-order valence-corrected chi connectivity index (χ4v) is 3.43. The first kappa shape index (κ1) is 17.3. The normalized spacial score (nSPS) is 17.1. The molecule has 0 atom stereocenters. The van der Waals surface area contributed by atoms with Crippen LogP contribution in [0.15, 0.2) is 36.4 Å². The van der Waals surface area contributed by atoms with Crippen molar-refractivity contribution >= 4 is 46.4 Å². The molecule has 0 saturated carbocycles. The summed E-state index contributed by atoms with van der Waals surface area (Å²) in [6.07, 6.45) is 0. The van der Waals surface area contributed by atoms with E-state index >= 15 is 0 Å². The molecule has 2 aromatic rings. The average molecular weight is 391 g/mol. The largest absolute Gasteiger partial charge is 0.363 e. The first-order valence-corrected chi connectivity index (χ1v) is 8.63. The highest BCUT2D eigenvalue weighted by atomic mass is 35.5. The summed E-state index contributed by atoms with van der Waals surface area (Å²) in [5.74, 6) is 0. The Bertz CT molecular complexity index is 729. The summed E-state index contributed by atoms with van der Waals surface area (Å²) in [6.45, 7) is 2.05. The van der Waals surface area contributed by atoms with Crippen molar-refractivity contribution in [1.29, 1.82) is 0 Å². The molecule has 6 heteroatoms. The van der Waals surface area contributed by atoms with Crippen LogP contribution in [0.2, 0.25) is 20.1 Å². The van der Waals surface area contributed by atoms with Crippen LogP contribution in [0.4, 0.5) is 0 Å². The minimum atomic E-state index is -0.380. The second kappa shape index (κ2) is 6.79. The topological polar surface area (TPSA) is 12.5 Å². The molecule has 0 aromatic heterocycles. The second-order valence-electron chi connectivity index (χ2n) is 5.83. The van der Waals surface area contributed by atoms with Crippen LogP contribution < -0.4 is 0 Å². The molecule has 2 aromatic carbocycles. The van der Waals surface area contributed by atoms with Crippen molar-refractivity contribution in [3.8, 4) is 0 Å². The summed E-state index contributed by atoms with van der Waals surface area (Å²) in [5, 5.41) is 2.15. The van der Waals surface area contributed by atoms with E-state index in [0.717, 1.165) is 24.2 Å². The van der Waals surface area contributed by atoms with E-state index in [1.807, 2.05) is 30.3 Å². The van der Waals surface area contributed by atoms with Crippen molar-refractivity contribution in [1.82, 2.24) is 4.90 Å². The molecule has 0 aliphatic carbocycles. The summed E-state index contributed by atoms with van der Waals surface area (Å²) < 4.78 is 6.25. The Morgan fingerprint density at radius 1 is 0.913 bits per heavy atom. The molecule has 0 spiro atoms. The summed E-state index contributed by atoms with van der Waals surface area (Å²) in [5.41, 5.74) is 1.63. The molecule has 1 aliphatic rings. The van der Waals surface area contributed by atoms with Gasteiger partial charge in [0.05, 0.1) is 26.7 Å². The Morgan fingerprint density at radius 2 is 1.52 bits per heavy atom. The lowest BCUT2D eigenvalue weighted by Gasteiger charge is -2.48. The van der Waals surface area contributed by atoms with Gasteiger partial charge in [0.1, 0.15) is 5.60 Å². The van der Waals surface area contributed by atoms with Crippen molar-refractivity contribution in [2.24, 2.45) is 0 Å². The van der Waals surface area contributed by atoms with Gasteiger partial charge in [0.2, 0.25) is 0 Å². The molecule has 2 nitrogen and oxygen atoms in total. The Kier molecular flexibility index (Phi) is 5.12. The van der Waals surface area contributed by atoms with Gasteiger partial charge >= 0.3 is 0 Å². The molecule has 1 fully saturated rings. The van der Waals surface area contributed by atoms with Crippen molar-refractivity contribution in [2.45, 2.75) is 12.2 Å². The van der Waals surface area contributed by atoms with Crippen LogP contribution in [0.25, 0.3) is 0 Å². The zero-order valence-corrected chi connectivity index (χ0v) is 15.5. The second-order valence-corrected chi connectivity index (χ2v) is 7.46. The van der Waals surface area contributed by atoms with Gasteiger partial charge in [-0.3, -0.25) is 4.90 Å². The summed E-state index contributed by atoms with van der Waals surface area (Å²) >= 11 is 24.2. The molecule has 1 aliphatic heterocycles. The molecule has 0 bridgehead atoms. The molecular weight excluding hydrogens is 376 g/mol. The number of halogens is 4. The minimum Gasteiger partial charge on any atom is -0.363 e. The fraction of sp³-hybridized carbons (Fsp3) is 0.294. The fourth-order valence-electron chi connectivity index (χ4n) is 2.81. The average Bonchev–Trinajstić information content (AvgIpc) is 2.48. The quantitative estimate of drug-likeness (QED) is 0.667. The van der Waals surface area contributed by atoms with Gasteiger partial charge in [0.25, 0.3) is 0 Å². The molecule has 0 unspecified atom stereocenters. The third-order valence-corrected chi connectivity index (χ3v) is 5.47. The van der Waals surface area contributed by atoms with E-state index < -0.39 is 0 Å². The van der Waals surface area contributed by atoms with E-state index in [2.05, 4.69) is 11.9 Å². The first-order chi connectivity index (χ1) is 10.9. The van der Waals surface area contributed by atoms with E-state index in [-0.39, 0.29) is 5.60 Å². The predicted octanol–water partition coefficient (Wildman–Crippen LogP) is 5.66. The van der Waals surface area contributed by atoms with Gasteiger partial charge in [-0.2, -0.15) is 0 Å². The third kappa shape index (κ3) is 3.63. The van der Waals surface area contributed by atoms with Crippen LogP contribution in [-0.2, 0) is 16.9 Å². The van der Waals surface area contributed by atoms with Crippen molar-refractivity contribution < 1.29 is 4.74 Å². The monoisotopic (exact) mass is 389 g/mol. The molecular formula is C17H15Cl4NO. The van der Waals surface area contributed by atoms with Gasteiger partial charge in [-0.15, -0.1) is 0 Å². The van der Waals surface area contributed by atoms with Crippen molar-refractivity contribution in [3.63, 3.8) is 0 Å². The molecule has 1 saturated heterocycles. The van der Waals surface area contributed by atoms with Crippen LogP contribution in [0.3, 0.4) is 0 Å². The molecule has 1 heterocycles. The molecule has 3 rings (SSSR count). The number of likely N-dealkylation sites (tertiary alicyclic amines) is 1. The van der Waals surface area contributed by atoms with Gasteiger partial charge in [-0.25, -0.2) is 0 Å². The third-order valence-electron chi connectivity index (χ3n) is 4.00. The highest BCUT2D eigenvalue weighted by Crippen LogP contribution is 2.38. The van der Waals surface area contributed by atoms with E-state index in [1.54, 1.807) is 6.07 Å². The summed E-state index contributed by atoms with van der Waals surface area (Å²) in [6, 6.07) is 11.2. The van der Waals surface area contributed by atoms with E-state index in [9.17, 15) is 0 Å². The Balaban J connectivity index is 1.81. The summed E-state index contributed by atoms with van der Waals surface area (Å²) in [4.78, 5) is 2.19. The summed E-state index contributed by atoms with van der Waals surface area (Å²) in [7, 11) is 2.05. The minimum absolute atomic E-state index is 0.380. The lowest BCUT2D eigenvalue weighted by molar-refractivity contribution is -0.151. The number of hydrogen-bond donors (Lipinski definition) is 0. The van der Waals surface area contributed by atoms with Gasteiger partial charge in [-0.05, 0) is 42.4 Å². The van der Waals surface area contributed by atoms with E-state index in [0.29, 0.717) is 26.7 Å². The SMILES string of the molecule is CN1CC(OCc2ccc(Cl)c(Cl)c2)(c2ccc(Cl)c(Cl)c2)C1. The zero-order valence-electron chi connectivity index (χ0n) is 12.5. The van der Waals surface area contributed by atoms with E-state index in [1.165, 1.54) is 0 Å². The molecule has 0 radical (unpaired) electrons. The highest BCUT2D eigenvalue weighted by Gasteiger charge is 2.44. The maximum Gasteiger partial charge on any atom is 0.119 e. The number of nitrogens with zero attached hydrogens (tertiary/aromatic N) is 1. The molecule has 0 amide bonds. The molecule has 0 N–H and O–H groups in total. The Labute approximate surface area is 155 Å². The van der Waals surface area contributed by atoms with Crippen LogP contribution in [0, 0.1) is 0 Å². The van der Waals surface area contributed by atoms with E-state index in [4.69, 9.17) is 51.1 Å². The van der Waals surface area contributed by atoms with Crippen molar-refractivity contribution in [3.05, 3.63) is 67.6 Å².